The van der Waals surface area contributed by atoms with Crippen LogP contribution in [0.25, 0.3) is 0 Å². The largest absolute Gasteiger partial charge is 0.274 e. The van der Waals surface area contributed by atoms with Crippen LogP contribution in [0.4, 0.5) is 0 Å². The Morgan fingerprint density at radius 2 is 1.60 bits per heavy atom. The van der Waals surface area contributed by atoms with Gasteiger partial charge in [0.25, 0.3) is 11.8 Å². The molecule has 0 atom stereocenters. The van der Waals surface area contributed by atoms with Gasteiger partial charge in [0.05, 0.1) is 19.0 Å². The summed E-state index contributed by atoms with van der Waals surface area (Å²) in [6.45, 7) is 0.406. The van der Waals surface area contributed by atoms with Gasteiger partial charge in [0, 0.05) is 6.54 Å². The molecule has 1 aliphatic heterocycles. The summed E-state index contributed by atoms with van der Waals surface area (Å²) in [7, 11) is 5.35. The SMILES string of the molecule is [B]CCCN1C(=O)c2ccccc2C1=O. The normalized spacial score (nSPS) is 14.5. The average molecular weight is 199 g/mol. The van der Waals surface area contributed by atoms with E-state index in [2.05, 4.69) is 0 Å². The summed E-state index contributed by atoms with van der Waals surface area (Å²) < 4.78 is 0. The molecule has 1 aromatic carbocycles. The highest BCUT2D eigenvalue weighted by Crippen LogP contribution is 2.22. The van der Waals surface area contributed by atoms with Gasteiger partial charge in [-0.15, -0.1) is 0 Å². The van der Waals surface area contributed by atoms with Crippen LogP contribution < -0.4 is 0 Å². The van der Waals surface area contributed by atoms with Crippen molar-refractivity contribution in [3.63, 3.8) is 0 Å². The summed E-state index contributed by atoms with van der Waals surface area (Å²) in [5.74, 6) is -0.409. The Labute approximate surface area is 89.5 Å². The molecule has 74 valence electrons. The summed E-state index contributed by atoms with van der Waals surface area (Å²) in [4.78, 5) is 24.8. The predicted molar refractivity (Wildman–Crippen MR) is 57.0 cm³/mol. The lowest BCUT2D eigenvalue weighted by molar-refractivity contribution is 0.0654. The number of carbonyl (C=O) groups excluding carboxylic acids is 2. The Morgan fingerprint density at radius 3 is 2.07 bits per heavy atom. The Bertz CT molecular complexity index is 382. The monoisotopic (exact) mass is 199 g/mol. The van der Waals surface area contributed by atoms with E-state index in [1.54, 1.807) is 24.3 Å². The summed E-state index contributed by atoms with van der Waals surface area (Å²) in [5.41, 5.74) is 0.999. The van der Waals surface area contributed by atoms with E-state index in [-0.39, 0.29) is 11.8 Å². The zero-order valence-electron chi connectivity index (χ0n) is 8.27. The number of hydrogen-bond donors (Lipinski definition) is 0. The van der Waals surface area contributed by atoms with Crippen molar-refractivity contribution >= 4 is 19.7 Å². The quantitative estimate of drug-likeness (QED) is 0.542. The molecule has 2 rings (SSSR count). The number of carbonyl (C=O) groups is 2. The van der Waals surface area contributed by atoms with Crippen molar-refractivity contribution < 1.29 is 9.59 Å². The van der Waals surface area contributed by atoms with E-state index >= 15 is 0 Å². The van der Waals surface area contributed by atoms with Crippen molar-refractivity contribution in [2.24, 2.45) is 0 Å². The first-order valence-electron chi connectivity index (χ1n) is 4.91. The Morgan fingerprint density at radius 1 is 1.07 bits per heavy atom. The molecular formula is C11H10BNO2. The van der Waals surface area contributed by atoms with Crippen LogP contribution in [0, 0.1) is 0 Å². The number of hydrogen-bond acceptors (Lipinski definition) is 2. The first kappa shape index (κ1) is 9.96. The lowest BCUT2D eigenvalue weighted by Crippen LogP contribution is -2.30. The van der Waals surface area contributed by atoms with Crippen LogP contribution in [-0.4, -0.2) is 31.1 Å². The van der Waals surface area contributed by atoms with Crippen LogP contribution in [0.1, 0.15) is 27.1 Å². The highest BCUT2D eigenvalue weighted by molar-refractivity contribution is 6.21. The minimum Gasteiger partial charge on any atom is -0.274 e. The zero-order chi connectivity index (χ0) is 10.8. The number of benzene rings is 1. The summed E-state index contributed by atoms with van der Waals surface area (Å²) >= 11 is 0. The van der Waals surface area contributed by atoms with Crippen molar-refractivity contribution in [3.05, 3.63) is 35.4 Å². The Hall–Kier alpha value is -1.58. The number of amides is 2. The van der Waals surface area contributed by atoms with Gasteiger partial charge >= 0.3 is 0 Å². The van der Waals surface area contributed by atoms with Crippen LogP contribution in [-0.2, 0) is 0 Å². The van der Waals surface area contributed by atoms with Crippen LogP contribution in [0.5, 0.6) is 0 Å². The standard InChI is InChI=1S/C11H10BNO2/c12-6-3-7-13-10(14)8-4-1-2-5-9(8)11(13)15/h1-2,4-5H,3,6-7H2. The van der Waals surface area contributed by atoms with Gasteiger partial charge in [-0.3, -0.25) is 14.5 Å². The van der Waals surface area contributed by atoms with E-state index in [0.29, 0.717) is 30.4 Å². The topological polar surface area (TPSA) is 37.4 Å². The van der Waals surface area contributed by atoms with Crippen LogP contribution in [0.3, 0.4) is 0 Å². The van der Waals surface area contributed by atoms with Gasteiger partial charge in [-0.05, 0) is 18.6 Å². The maximum Gasteiger partial charge on any atom is 0.261 e. The molecule has 15 heavy (non-hydrogen) atoms. The van der Waals surface area contributed by atoms with Crippen molar-refractivity contribution in [3.8, 4) is 0 Å². The molecule has 1 heterocycles. The van der Waals surface area contributed by atoms with E-state index in [1.807, 2.05) is 0 Å². The van der Waals surface area contributed by atoms with E-state index in [0.717, 1.165) is 0 Å². The van der Waals surface area contributed by atoms with Crippen LogP contribution in [0.15, 0.2) is 24.3 Å². The summed E-state index contributed by atoms with van der Waals surface area (Å²) in [6, 6.07) is 6.88. The van der Waals surface area contributed by atoms with Gasteiger partial charge in [0.2, 0.25) is 0 Å². The predicted octanol–water partition coefficient (Wildman–Crippen LogP) is 1.26. The summed E-state index contributed by atoms with van der Waals surface area (Å²) in [6.07, 6.45) is 1.12. The molecule has 2 amide bonds. The maximum atomic E-state index is 11.8. The molecule has 0 unspecified atom stereocenters. The van der Waals surface area contributed by atoms with Crippen molar-refractivity contribution in [2.45, 2.75) is 12.7 Å². The molecule has 0 fully saturated rings. The fourth-order valence-corrected chi connectivity index (χ4v) is 1.69. The van der Waals surface area contributed by atoms with E-state index in [1.165, 1.54) is 4.90 Å². The molecule has 0 saturated heterocycles. The summed E-state index contributed by atoms with van der Waals surface area (Å²) in [5, 5.41) is 0. The fraction of sp³-hybridized carbons (Fsp3) is 0.273. The Kier molecular flexibility index (Phi) is 2.58. The smallest absolute Gasteiger partial charge is 0.261 e. The Balaban J connectivity index is 2.29. The molecule has 0 bridgehead atoms. The van der Waals surface area contributed by atoms with Gasteiger partial charge in [-0.25, -0.2) is 0 Å². The second-order valence-corrected chi connectivity index (χ2v) is 3.45. The number of fused-ring (bicyclic) bond motifs is 1. The average Bonchev–Trinajstić information content (AvgIpc) is 2.51. The lowest BCUT2D eigenvalue weighted by atomic mass is 10.0. The lowest BCUT2D eigenvalue weighted by Gasteiger charge is -2.12. The molecule has 0 N–H and O–H groups in total. The molecule has 4 heteroatoms. The third-order valence-electron chi connectivity index (χ3n) is 2.46. The molecule has 1 aliphatic rings. The van der Waals surface area contributed by atoms with Crippen molar-refractivity contribution in [1.82, 2.24) is 4.90 Å². The zero-order valence-corrected chi connectivity index (χ0v) is 8.27. The maximum absolute atomic E-state index is 11.8. The van der Waals surface area contributed by atoms with Gasteiger partial charge in [0.15, 0.2) is 0 Å². The number of nitrogens with zero attached hydrogens (tertiary/aromatic N) is 1. The highest BCUT2D eigenvalue weighted by Gasteiger charge is 2.34. The molecule has 1 aromatic rings. The van der Waals surface area contributed by atoms with E-state index < -0.39 is 0 Å². The van der Waals surface area contributed by atoms with Gasteiger partial charge in [-0.2, -0.15) is 0 Å². The van der Waals surface area contributed by atoms with Crippen LogP contribution >= 0.6 is 0 Å². The number of rotatable bonds is 3. The van der Waals surface area contributed by atoms with Crippen molar-refractivity contribution in [1.29, 1.82) is 0 Å². The third kappa shape index (κ3) is 1.56. The molecular weight excluding hydrogens is 189 g/mol. The molecule has 0 aromatic heterocycles. The minimum atomic E-state index is -0.205. The molecule has 2 radical (unpaired) electrons. The van der Waals surface area contributed by atoms with Gasteiger partial charge < -0.3 is 0 Å². The van der Waals surface area contributed by atoms with Crippen molar-refractivity contribution in [2.75, 3.05) is 6.54 Å². The molecule has 0 aliphatic carbocycles. The molecule has 0 saturated carbocycles. The molecule has 0 spiro atoms. The van der Waals surface area contributed by atoms with Gasteiger partial charge in [-0.1, -0.05) is 18.5 Å². The van der Waals surface area contributed by atoms with E-state index in [9.17, 15) is 9.59 Å². The van der Waals surface area contributed by atoms with E-state index in [4.69, 9.17) is 7.85 Å². The minimum absolute atomic E-state index is 0.205. The second-order valence-electron chi connectivity index (χ2n) is 3.45. The first-order chi connectivity index (χ1) is 7.25. The van der Waals surface area contributed by atoms with Gasteiger partial charge in [0.1, 0.15) is 0 Å². The number of imide groups is 1. The first-order valence-corrected chi connectivity index (χ1v) is 4.91. The highest BCUT2D eigenvalue weighted by atomic mass is 16.2. The molecule has 3 nitrogen and oxygen atoms in total. The van der Waals surface area contributed by atoms with Crippen LogP contribution in [0.2, 0.25) is 6.32 Å². The third-order valence-corrected chi connectivity index (χ3v) is 2.46. The second kappa shape index (κ2) is 3.89. The fourth-order valence-electron chi connectivity index (χ4n) is 1.69.